The second-order valence-electron chi connectivity index (χ2n) is 10.1. The lowest BCUT2D eigenvalue weighted by Crippen LogP contribution is -2.25. The summed E-state index contributed by atoms with van der Waals surface area (Å²) in [4.78, 5) is 14.7. The molecule has 14 heteroatoms. The number of halogens is 5. The summed E-state index contributed by atoms with van der Waals surface area (Å²) in [6.45, 7) is 2.73. The lowest BCUT2D eigenvalue weighted by Gasteiger charge is -2.17. The first kappa shape index (κ1) is 32.9. The monoisotopic (exact) mass is 689 g/mol. The lowest BCUT2D eigenvalue weighted by atomic mass is 10.0. The summed E-state index contributed by atoms with van der Waals surface area (Å²) in [5.74, 6) is -1.60. The molecule has 0 unspecified atom stereocenters. The van der Waals surface area contributed by atoms with Gasteiger partial charge in [0.05, 0.1) is 22.0 Å². The van der Waals surface area contributed by atoms with Crippen LogP contribution in [0.15, 0.2) is 90.0 Å². The van der Waals surface area contributed by atoms with E-state index in [-0.39, 0.29) is 5.75 Å². The molecule has 3 N–H and O–H groups in total. The van der Waals surface area contributed by atoms with Crippen molar-refractivity contribution in [1.82, 2.24) is 9.55 Å². The molecule has 238 valence electrons. The van der Waals surface area contributed by atoms with Crippen molar-refractivity contribution < 1.29 is 36.2 Å². The number of alkyl halides is 3. The molecule has 5 aromatic rings. The maximum Gasteiger partial charge on any atom is 0.502 e. The number of hydrogen-bond donors (Lipinski definition) is 2. The Morgan fingerprint density at radius 3 is 2.17 bits per heavy atom. The third-order valence-electron chi connectivity index (χ3n) is 7.10. The first-order valence-electron chi connectivity index (χ1n) is 13.6. The van der Waals surface area contributed by atoms with Crippen molar-refractivity contribution in [2.75, 3.05) is 5.73 Å². The van der Waals surface area contributed by atoms with Gasteiger partial charge in [-0.15, -0.1) is 0 Å². The number of aromatic carboxylic acids is 1. The van der Waals surface area contributed by atoms with Crippen LogP contribution in [0.4, 0.5) is 18.9 Å². The lowest BCUT2D eigenvalue weighted by molar-refractivity contribution is -0.0436. The van der Waals surface area contributed by atoms with Gasteiger partial charge in [0.25, 0.3) is 9.84 Å². The number of carboxylic acids is 1. The minimum atomic E-state index is -6.04. The first-order valence-corrected chi connectivity index (χ1v) is 15.8. The van der Waals surface area contributed by atoms with Crippen molar-refractivity contribution in [3.63, 3.8) is 0 Å². The maximum absolute atomic E-state index is 13.4. The molecule has 1 aromatic heterocycles. The van der Waals surface area contributed by atoms with E-state index in [4.69, 9.17) is 38.7 Å². The molecule has 0 amide bonds. The maximum atomic E-state index is 13.4. The summed E-state index contributed by atoms with van der Waals surface area (Å²) in [5, 5.41) is 10.3. The van der Waals surface area contributed by atoms with Crippen molar-refractivity contribution >= 4 is 44.7 Å². The molecule has 5 rings (SSSR count). The molecule has 0 radical (unpaired) electrons. The van der Waals surface area contributed by atoms with Gasteiger partial charge in [0, 0.05) is 29.7 Å². The Bertz CT molecular complexity index is 2050. The molecule has 0 aliphatic carbocycles. The quantitative estimate of drug-likeness (QED) is 0.149. The summed E-state index contributed by atoms with van der Waals surface area (Å²) in [5.41, 5.74) is 2.05. The van der Waals surface area contributed by atoms with Crippen molar-refractivity contribution in [3.05, 3.63) is 112 Å². The van der Waals surface area contributed by atoms with E-state index in [0.717, 1.165) is 45.9 Å². The second kappa shape index (κ2) is 12.7. The van der Waals surface area contributed by atoms with E-state index in [9.17, 15) is 31.5 Å². The van der Waals surface area contributed by atoms with Crippen molar-refractivity contribution in [2.24, 2.45) is 0 Å². The highest BCUT2D eigenvalue weighted by atomic mass is 35.5. The zero-order valence-corrected chi connectivity index (χ0v) is 26.2. The first-order chi connectivity index (χ1) is 21.7. The second-order valence-corrected chi connectivity index (χ2v) is 12.8. The van der Waals surface area contributed by atoms with E-state index in [0.29, 0.717) is 23.0 Å². The molecule has 46 heavy (non-hydrogen) atoms. The number of nitrogens with two attached hydrogens (primary N) is 1. The number of aryl methyl sites for hydroxylation is 1. The van der Waals surface area contributed by atoms with E-state index in [1.165, 1.54) is 12.1 Å². The number of benzene rings is 4. The van der Waals surface area contributed by atoms with Gasteiger partial charge in [-0.05, 0) is 66.1 Å². The number of aromatic nitrogens is 2. The highest BCUT2D eigenvalue weighted by Gasteiger charge is 2.50. The molecule has 0 aliphatic heterocycles. The number of imidazole rings is 1. The van der Waals surface area contributed by atoms with Crippen molar-refractivity contribution in [2.45, 2.75) is 30.3 Å². The summed E-state index contributed by atoms with van der Waals surface area (Å²) >= 11 is 12.4. The molecule has 0 fully saturated rings. The fraction of sp³-hybridized carbons (Fsp3) is 0.125. The average Bonchev–Trinajstić information content (AvgIpc) is 3.39. The van der Waals surface area contributed by atoms with Crippen LogP contribution in [-0.4, -0.2) is 34.6 Å². The summed E-state index contributed by atoms with van der Waals surface area (Å²) < 4.78 is 72.3. The van der Waals surface area contributed by atoms with Crippen molar-refractivity contribution in [3.8, 4) is 33.9 Å². The zero-order chi connectivity index (χ0) is 33.4. The van der Waals surface area contributed by atoms with Crippen LogP contribution in [0.1, 0.15) is 28.7 Å². The van der Waals surface area contributed by atoms with Crippen LogP contribution >= 0.6 is 23.2 Å². The van der Waals surface area contributed by atoms with Gasteiger partial charge in [0.1, 0.15) is 22.2 Å². The van der Waals surface area contributed by atoms with Crippen LogP contribution in [0.3, 0.4) is 0 Å². The largest absolute Gasteiger partial charge is 0.502 e. The minimum absolute atomic E-state index is 0.00414. The zero-order valence-electron chi connectivity index (χ0n) is 23.8. The third-order valence-corrected chi connectivity index (χ3v) is 9.22. The fourth-order valence-corrected chi connectivity index (χ4v) is 6.29. The molecule has 0 saturated carbocycles. The Kier molecular flexibility index (Phi) is 9.07. The fourth-order valence-electron chi connectivity index (χ4n) is 4.78. The summed E-state index contributed by atoms with van der Waals surface area (Å²) in [6.07, 6.45) is 2.50. The van der Waals surface area contributed by atoms with Crippen LogP contribution in [0, 0.1) is 0 Å². The molecule has 1 heterocycles. The highest BCUT2D eigenvalue weighted by Crippen LogP contribution is 2.42. The van der Waals surface area contributed by atoms with E-state index >= 15 is 0 Å². The van der Waals surface area contributed by atoms with Crippen LogP contribution in [0.2, 0.25) is 10.0 Å². The smallest absolute Gasteiger partial charge is 0.478 e. The summed E-state index contributed by atoms with van der Waals surface area (Å²) in [6, 6.07) is 20.8. The van der Waals surface area contributed by atoms with E-state index in [1.54, 1.807) is 24.3 Å². The van der Waals surface area contributed by atoms with E-state index < -0.39 is 43.2 Å². The van der Waals surface area contributed by atoms with Crippen LogP contribution in [0.5, 0.6) is 11.5 Å². The molecule has 0 saturated heterocycles. The highest BCUT2D eigenvalue weighted by molar-refractivity contribution is 7.92. The number of carbonyl (C=O) groups is 1. The predicted molar refractivity (Wildman–Crippen MR) is 169 cm³/mol. The van der Waals surface area contributed by atoms with Gasteiger partial charge in [-0.1, -0.05) is 59.6 Å². The van der Waals surface area contributed by atoms with Gasteiger partial charge in [-0.25, -0.2) is 18.2 Å². The van der Waals surface area contributed by atoms with Crippen LogP contribution < -0.4 is 10.5 Å². The third kappa shape index (κ3) is 6.55. The Labute approximate surface area is 271 Å². The van der Waals surface area contributed by atoms with Crippen LogP contribution in [0.25, 0.3) is 22.4 Å². The number of carboxylic acid groups (broad SMARTS) is 1. The minimum Gasteiger partial charge on any atom is -0.478 e. The molecule has 0 atom stereocenters. The van der Waals surface area contributed by atoms with E-state index in [1.807, 2.05) is 48.0 Å². The Morgan fingerprint density at radius 1 is 0.978 bits per heavy atom. The molecule has 8 nitrogen and oxygen atoms in total. The molecule has 0 aliphatic rings. The van der Waals surface area contributed by atoms with E-state index in [2.05, 4.69) is 0 Å². The van der Waals surface area contributed by atoms with Gasteiger partial charge >= 0.3 is 11.5 Å². The predicted octanol–water partition coefficient (Wildman–Crippen LogP) is 8.50. The number of ether oxygens (including phenoxy) is 1. The molecule has 0 bridgehead atoms. The van der Waals surface area contributed by atoms with Gasteiger partial charge in [-0.2, -0.15) is 13.2 Å². The number of nitrogen functional groups attached to an aromatic ring is 1. The number of sulfone groups is 1. The van der Waals surface area contributed by atoms with Crippen LogP contribution in [-0.2, 0) is 22.8 Å². The average molecular weight is 691 g/mol. The van der Waals surface area contributed by atoms with Gasteiger partial charge < -0.3 is 20.1 Å². The van der Waals surface area contributed by atoms with Gasteiger partial charge in [0.2, 0.25) is 0 Å². The Morgan fingerprint density at radius 2 is 1.61 bits per heavy atom. The molecule has 4 aromatic carbocycles. The normalized spacial score (nSPS) is 11.9. The molecular formula is C32H24Cl2F3N3O5S. The summed E-state index contributed by atoms with van der Waals surface area (Å²) in [7, 11) is -6.04. The SMILES string of the molecule is CCn1cc(-c2ccc(Cl)cc2Cl)nc1Cc1ccc(-c2ccc(Oc3ccc(C(=O)O)c(N)c3S(=O)(=O)C(F)(F)F)cc2)cc1. The molecule has 0 spiro atoms. The van der Waals surface area contributed by atoms with Gasteiger partial charge in [0.15, 0.2) is 0 Å². The number of rotatable bonds is 9. The van der Waals surface area contributed by atoms with Gasteiger partial charge in [-0.3, -0.25) is 0 Å². The standard InChI is InChI=1S/C32H24Cl2F3N3O5S/c1-2-40-17-26(23-12-9-21(33)16-25(23)34)39-28(40)15-18-3-5-19(6-4-18)20-7-10-22(11-8-20)45-27-14-13-24(31(41)42)29(38)30(27)46(43,44)32(35,36)37/h3-14,16-17H,2,15,38H2,1H3,(H,41,42). The number of hydrogen-bond acceptors (Lipinski definition) is 6. The van der Waals surface area contributed by atoms with Crippen molar-refractivity contribution in [1.29, 1.82) is 0 Å². The topological polar surface area (TPSA) is 125 Å². The Hall–Kier alpha value is -4.52. The number of anilines is 1. The molecular weight excluding hydrogens is 666 g/mol. The Balaban J connectivity index is 1.36. The number of nitrogens with zero attached hydrogens (tertiary/aromatic N) is 2.